The van der Waals surface area contributed by atoms with E-state index in [2.05, 4.69) is 0 Å². The van der Waals surface area contributed by atoms with Crippen molar-refractivity contribution in [3.05, 3.63) is 23.8 Å². The van der Waals surface area contributed by atoms with E-state index in [-0.39, 0.29) is 6.10 Å². The second kappa shape index (κ2) is 4.67. The minimum Gasteiger partial charge on any atom is -0.497 e. The Morgan fingerprint density at radius 2 is 2.25 bits per heavy atom. The van der Waals surface area contributed by atoms with Gasteiger partial charge >= 0.3 is 0 Å². The summed E-state index contributed by atoms with van der Waals surface area (Å²) in [6, 6.07) is 5.39. The van der Waals surface area contributed by atoms with Gasteiger partial charge in [-0.25, -0.2) is 0 Å². The molecule has 0 bridgehead atoms. The van der Waals surface area contributed by atoms with Crippen molar-refractivity contribution in [3.8, 4) is 11.5 Å². The second-order valence-corrected chi connectivity index (χ2v) is 3.94. The molecule has 2 rings (SSSR count). The highest BCUT2D eigenvalue weighted by molar-refractivity contribution is 7.80. The highest BCUT2D eigenvalue weighted by Gasteiger charge is 2.22. The smallest absolute Gasteiger partial charge is 0.145 e. The number of benzene rings is 1. The van der Waals surface area contributed by atoms with Crippen LogP contribution in [0.5, 0.6) is 11.5 Å². The molecule has 5 heteroatoms. The zero-order chi connectivity index (χ0) is 11.5. The van der Waals surface area contributed by atoms with Gasteiger partial charge in [0.2, 0.25) is 0 Å². The Kier molecular flexibility index (Phi) is 3.26. The quantitative estimate of drug-likeness (QED) is 0.798. The number of thiocarbonyl (C=S) groups is 1. The third-order valence-electron chi connectivity index (χ3n) is 2.36. The Bertz CT molecular complexity index is 404. The molecule has 1 aromatic rings. The number of nitrogens with two attached hydrogens (primary N) is 1. The lowest BCUT2D eigenvalue weighted by atomic mass is 10.2. The number of hydrogen-bond acceptors (Lipinski definition) is 4. The van der Waals surface area contributed by atoms with E-state index in [1.807, 2.05) is 0 Å². The van der Waals surface area contributed by atoms with Crippen LogP contribution >= 0.6 is 12.2 Å². The molecule has 0 aromatic heterocycles. The molecule has 0 spiro atoms. The largest absolute Gasteiger partial charge is 0.497 e. The fourth-order valence-corrected chi connectivity index (χ4v) is 1.56. The summed E-state index contributed by atoms with van der Waals surface area (Å²) >= 11 is 4.96. The minimum atomic E-state index is 0.0835. The van der Waals surface area contributed by atoms with Crippen LogP contribution in [0.2, 0.25) is 0 Å². The van der Waals surface area contributed by atoms with E-state index in [1.165, 1.54) is 0 Å². The summed E-state index contributed by atoms with van der Waals surface area (Å²) in [6.07, 6.45) is 0.0835. The topological polar surface area (TPSA) is 53.7 Å². The highest BCUT2D eigenvalue weighted by Crippen LogP contribution is 2.26. The first-order chi connectivity index (χ1) is 7.70. The lowest BCUT2D eigenvalue weighted by molar-refractivity contribution is -0.0797. The first-order valence-corrected chi connectivity index (χ1v) is 5.34. The van der Waals surface area contributed by atoms with Crippen LogP contribution in [0.15, 0.2) is 18.2 Å². The predicted octanol–water partition coefficient (Wildman–Crippen LogP) is 1.11. The molecule has 4 nitrogen and oxygen atoms in total. The monoisotopic (exact) mass is 239 g/mol. The van der Waals surface area contributed by atoms with Crippen molar-refractivity contribution in [2.24, 2.45) is 5.73 Å². The van der Waals surface area contributed by atoms with Gasteiger partial charge in [0, 0.05) is 6.07 Å². The molecule has 0 aliphatic carbocycles. The lowest BCUT2D eigenvalue weighted by Gasteiger charge is -2.27. The Hall–Kier alpha value is -1.33. The van der Waals surface area contributed by atoms with Gasteiger partial charge in [-0.05, 0) is 12.1 Å². The van der Waals surface area contributed by atoms with E-state index in [9.17, 15) is 0 Å². The van der Waals surface area contributed by atoms with E-state index >= 15 is 0 Å². The predicted molar refractivity (Wildman–Crippen MR) is 64.1 cm³/mol. The van der Waals surface area contributed by atoms with E-state index in [0.717, 1.165) is 11.3 Å². The summed E-state index contributed by atoms with van der Waals surface area (Å²) in [4.78, 5) is 0.317. The summed E-state index contributed by atoms with van der Waals surface area (Å²) in [5, 5.41) is 0. The summed E-state index contributed by atoms with van der Waals surface area (Å²) in [6.45, 7) is 1.21. The van der Waals surface area contributed by atoms with Crippen LogP contribution < -0.4 is 15.2 Å². The standard InChI is InChI=1S/C11H13NO3S/c1-13-7-2-3-9(11(12)16)10(4-7)15-8-5-14-6-8/h2-4,8H,5-6H2,1H3,(H2,12,16). The molecule has 0 saturated carbocycles. The van der Waals surface area contributed by atoms with Gasteiger partial charge in [-0.1, -0.05) is 12.2 Å². The molecule has 1 aliphatic heterocycles. The van der Waals surface area contributed by atoms with Crippen LogP contribution in [0.1, 0.15) is 5.56 Å². The van der Waals surface area contributed by atoms with E-state index in [1.54, 1.807) is 25.3 Å². The van der Waals surface area contributed by atoms with E-state index in [4.69, 9.17) is 32.2 Å². The molecule has 0 atom stereocenters. The van der Waals surface area contributed by atoms with Gasteiger partial charge in [-0.3, -0.25) is 0 Å². The molecule has 1 fully saturated rings. The van der Waals surface area contributed by atoms with Crippen molar-refractivity contribution < 1.29 is 14.2 Å². The molecular weight excluding hydrogens is 226 g/mol. The normalized spacial score (nSPS) is 15.3. The van der Waals surface area contributed by atoms with Crippen LogP contribution in [0.4, 0.5) is 0 Å². The van der Waals surface area contributed by atoms with Gasteiger partial charge in [0.05, 0.1) is 25.9 Å². The Morgan fingerprint density at radius 3 is 2.75 bits per heavy atom. The van der Waals surface area contributed by atoms with Crippen LogP contribution in [0.3, 0.4) is 0 Å². The minimum absolute atomic E-state index is 0.0835. The average molecular weight is 239 g/mol. The first kappa shape index (κ1) is 11.2. The molecule has 1 aromatic carbocycles. The van der Waals surface area contributed by atoms with Gasteiger partial charge in [0.15, 0.2) is 0 Å². The van der Waals surface area contributed by atoms with Crippen molar-refractivity contribution in [2.75, 3.05) is 20.3 Å². The number of ether oxygens (including phenoxy) is 3. The van der Waals surface area contributed by atoms with Crippen molar-refractivity contribution in [1.82, 2.24) is 0 Å². The summed E-state index contributed by atoms with van der Waals surface area (Å²) in [5.74, 6) is 1.37. The maximum Gasteiger partial charge on any atom is 0.145 e. The zero-order valence-electron chi connectivity index (χ0n) is 8.93. The van der Waals surface area contributed by atoms with Gasteiger partial charge in [-0.15, -0.1) is 0 Å². The number of methoxy groups -OCH3 is 1. The molecule has 2 N–H and O–H groups in total. The summed E-state index contributed by atoms with van der Waals surface area (Å²) in [5.41, 5.74) is 6.35. The van der Waals surface area contributed by atoms with Gasteiger partial charge < -0.3 is 19.9 Å². The third-order valence-corrected chi connectivity index (χ3v) is 2.58. The molecule has 1 heterocycles. The Labute approximate surface area is 99.3 Å². The molecule has 0 radical (unpaired) electrons. The molecule has 1 saturated heterocycles. The van der Waals surface area contributed by atoms with Crippen molar-refractivity contribution >= 4 is 17.2 Å². The maximum absolute atomic E-state index is 5.71. The molecule has 0 unspecified atom stereocenters. The van der Waals surface area contributed by atoms with Crippen molar-refractivity contribution in [1.29, 1.82) is 0 Å². The van der Waals surface area contributed by atoms with Crippen molar-refractivity contribution in [2.45, 2.75) is 6.10 Å². The summed E-state index contributed by atoms with van der Waals surface area (Å²) in [7, 11) is 1.60. The SMILES string of the molecule is COc1ccc(C(N)=S)c(OC2COC2)c1. The molecule has 16 heavy (non-hydrogen) atoms. The molecular formula is C11H13NO3S. The van der Waals surface area contributed by atoms with Crippen LogP contribution in [0, 0.1) is 0 Å². The second-order valence-electron chi connectivity index (χ2n) is 3.50. The van der Waals surface area contributed by atoms with Gasteiger partial charge in [0.1, 0.15) is 22.6 Å². The zero-order valence-corrected chi connectivity index (χ0v) is 9.75. The fraction of sp³-hybridized carbons (Fsp3) is 0.364. The van der Waals surface area contributed by atoms with Crippen LogP contribution in [0.25, 0.3) is 0 Å². The maximum atomic E-state index is 5.71. The van der Waals surface area contributed by atoms with Gasteiger partial charge in [-0.2, -0.15) is 0 Å². The Balaban J connectivity index is 2.25. The molecule has 0 amide bonds. The van der Waals surface area contributed by atoms with Gasteiger partial charge in [0.25, 0.3) is 0 Å². The highest BCUT2D eigenvalue weighted by atomic mass is 32.1. The van der Waals surface area contributed by atoms with Crippen LogP contribution in [-0.2, 0) is 4.74 Å². The first-order valence-electron chi connectivity index (χ1n) is 4.93. The van der Waals surface area contributed by atoms with E-state index in [0.29, 0.717) is 24.0 Å². The van der Waals surface area contributed by atoms with Crippen molar-refractivity contribution in [3.63, 3.8) is 0 Å². The van der Waals surface area contributed by atoms with Crippen LogP contribution in [-0.4, -0.2) is 31.4 Å². The van der Waals surface area contributed by atoms with E-state index < -0.39 is 0 Å². The molecule has 1 aliphatic rings. The average Bonchev–Trinajstić information content (AvgIpc) is 2.22. The summed E-state index contributed by atoms with van der Waals surface area (Å²) < 4.78 is 15.9. The number of rotatable bonds is 4. The fourth-order valence-electron chi connectivity index (χ4n) is 1.39. The Morgan fingerprint density at radius 1 is 1.50 bits per heavy atom. The number of hydrogen-bond donors (Lipinski definition) is 1. The lowest BCUT2D eigenvalue weighted by Crippen LogP contribution is -2.39. The third kappa shape index (κ3) is 2.25. The molecule has 86 valence electrons.